The molecule has 1 aliphatic heterocycles. The van der Waals surface area contributed by atoms with Crippen molar-refractivity contribution < 1.29 is 15.0 Å². The summed E-state index contributed by atoms with van der Waals surface area (Å²) in [5.41, 5.74) is 7.53. The summed E-state index contributed by atoms with van der Waals surface area (Å²) in [5.74, 6) is 0. The summed E-state index contributed by atoms with van der Waals surface area (Å²) in [6.07, 6.45) is 4.08. The van der Waals surface area contributed by atoms with Gasteiger partial charge in [0.05, 0.1) is 24.6 Å². The molecule has 1 aliphatic carbocycles. The van der Waals surface area contributed by atoms with E-state index in [-0.39, 0.29) is 17.1 Å². The number of aromatic amines is 1. The monoisotopic (exact) mass is 384 g/mol. The van der Waals surface area contributed by atoms with Gasteiger partial charge in [-0.15, -0.1) is 0 Å². The third kappa shape index (κ3) is 3.03. The van der Waals surface area contributed by atoms with Crippen LogP contribution in [0.3, 0.4) is 0 Å². The van der Waals surface area contributed by atoms with E-state index in [1.165, 1.54) is 0 Å². The van der Waals surface area contributed by atoms with Crippen LogP contribution in [0.4, 0.5) is 10.5 Å². The van der Waals surface area contributed by atoms with Crippen molar-refractivity contribution in [1.82, 2.24) is 24.8 Å². The Morgan fingerprint density at radius 1 is 1.25 bits per heavy atom. The third-order valence-electron chi connectivity index (χ3n) is 4.92. The van der Waals surface area contributed by atoms with Gasteiger partial charge < -0.3 is 20.5 Å². The first-order chi connectivity index (χ1) is 13.2. The molecule has 2 amide bonds. The smallest absolute Gasteiger partial charge is 0.333 e. The molecule has 10 nitrogen and oxygen atoms in total. The topological polar surface area (TPSA) is 135 Å². The second-order valence-electron chi connectivity index (χ2n) is 6.61. The van der Waals surface area contributed by atoms with Crippen LogP contribution in [0.15, 0.2) is 35.4 Å². The first-order valence-electron chi connectivity index (χ1n) is 8.81. The Labute approximate surface area is 159 Å². The molecule has 0 saturated carbocycles. The normalized spacial score (nSPS) is 15.6. The van der Waals surface area contributed by atoms with Gasteiger partial charge in [-0.25, -0.2) is 14.8 Å². The van der Waals surface area contributed by atoms with Crippen LogP contribution in [0, 0.1) is 0 Å². The number of H-pyrrole nitrogens is 1. The summed E-state index contributed by atoms with van der Waals surface area (Å²) >= 11 is 0. The van der Waals surface area contributed by atoms with Gasteiger partial charge in [-0.1, -0.05) is 6.07 Å². The summed E-state index contributed by atoms with van der Waals surface area (Å²) in [5, 5.41) is 4.70. The van der Waals surface area contributed by atoms with E-state index in [2.05, 4.69) is 20.7 Å². The highest BCUT2D eigenvalue weighted by Crippen LogP contribution is 2.35. The minimum Gasteiger partial charge on any atom is -0.412 e. The van der Waals surface area contributed by atoms with Crippen LogP contribution in [0.5, 0.6) is 0 Å². The van der Waals surface area contributed by atoms with Gasteiger partial charge in [-0.2, -0.15) is 0 Å². The van der Waals surface area contributed by atoms with E-state index in [9.17, 15) is 9.59 Å². The number of hydrazine groups is 1. The number of rotatable bonds is 2. The van der Waals surface area contributed by atoms with Gasteiger partial charge in [-0.3, -0.25) is 14.6 Å². The average Bonchev–Trinajstić information content (AvgIpc) is 3.27. The Hall–Kier alpha value is -3.21. The maximum Gasteiger partial charge on any atom is 0.333 e. The molecule has 5 N–H and O–H groups in total. The number of carbonyl (C=O) groups is 1. The van der Waals surface area contributed by atoms with Crippen LogP contribution >= 0.6 is 0 Å². The summed E-state index contributed by atoms with van der Waals surface area (Å²) in [6, 6.07) is 5.42. The van der Waals surface area contributed by atoms with Crippen molar-refractivity contribution in [3.8, 4) is 11.3 Å². The highest BCUT2D eigenvalue weighted by molar-refractivity contribution is 5.90. The number of ether oxygens (including phenoxy) is 1. The zero-order chi connectivity index (χ0) is 18.4. The molecule has 0 spiro atoms. The molecule has 0 bridgehead atoms. The standard InChI is InChI=1S/C18H18N6O3.H2O/c25-17-16-19-3-4-24(16)14-10-11-9-12(1-2-13(11)15(14)21-17)20-18(26)22-23-5-7-27-8-6-23;/h1-4,9H,5-8,10H2,(H,21,25)(H2,20,22,26);1H2. The van der Waals surface area contributed by atoms with Crippen molar-refractivity contribution in [2.24, 2.45) is 0 Å². The van der Waals surface area contributed by atoms with E-state index in [0.29, 0.717) is 44.1 Å². The minimum absolute atomic E-state index is 0. The largest absolute Gasteiger partial charge is 0.412 e. The van der Waals surface area contributed by atoms with Gasteiger partial charge in [0.2, 0.25) is 5.65 Å². The van der Waals surface area contributed by atoms with E-state index in [0.717, 1.165) is 22.5 Å². The van der Waals surface area contributed by atoms with E-state index in [1.54, 1.807) is 12.4 Å². The number of hydrogen-bond acceptors (Lipinski definition) is 5. The molecule has 146 valence electrons. The molecular weight excluding hydrogens is 364 g/mol. The fraction of sp³-hybridized carbons (Fsp3) is 0.278. The Bertz CT molecular complexity index is 1100. The molecule has 1 fully saturated rings. The molecule has 2 aliphatic rings. The lowest BCUT2D eigenvalue weighted by Crippen LogP contribution is -2.49. The molecule has 5 rings (SSSR count). The number of nitrogens with one attached hydrogen (secondary N) is 3. The number of urea groups is 1. The van der Waals surface area contributed by atoms with Crippen molar-refractivity contribution in [1.29, 1.82) is 0 Å². The summed E-state index contributed by atoms with van der Waals surface area (Å²) in [4.78, 5) is 31.5. The number of amides is 2. The number of benzene rings is 1. The zero-order valence-electron chi connectivity index (χ0n) is 15.0. The second-order valence-corrected chi connectivity index (χ2v) is 6.61. The van der Waals surface area contributed by atoms with Gasteiger partial charge >= 0.3 is 6.03 Å². The van der Waals surface area contributed by atoms with Crippen LogP contribution in [0.1, 0.15) is 11.3 Å². The number of fused-ring (bicyclic) bond motifs is 5. The van der Waals surface area contributed by atoms with E-state index in [4.69, 9.17) is 4.74 Å². The van der Waals surface area contributed by atoms with Gasteiger partial charge in [0.25, 0.3) is 5.56 Å². The van der Waals surface area contributed by atoms with Crippen LogP contribution < -0.4 is 16.3 Å². The summed E-state index contributed by atoms with van der Waals surface area (Å²) in [6.45, 7) is 2.55. The predicted octanol–water partition coefficient (Wildman–Crippen LogP) is 0.138. The molecule has 10 heteroatoms. The summed E-state index contributed by atoms with van der Waals surface area (Å²) < 4.78 is 7.09. The van der Waals surface area contributed by atoms with Crippen LogP contribution in [-0.2, 0) is 11.2 Å². The second kappa shape index (κ2) is 7.08. The minimum atomic E-state index is -0.280. The molecule has 28 heavy (non-hydrogen) atoms. The first kappa shape index (κ1) is 18.2. The van der Waals surface area contributed by atoms with E-state index < -0.39 is 0 Å². The Kier molecular flexibility index (Phi) is 4.59. The molecule has 0 radical (unpaired) electrons. The van der Waals surface area contributed by atoms with Gasteiger partial charge in [0.1, 0.15) is 0 Å². The maximum absolute atomic E-state index is 12.2. The fourth-order valence-electron chi connectivity index (χ4n) is 3.67. The SMILES string of the molecule is O.O=C(Nc1ccc2c(c1)Cc1c-2[nH]c(=O)c2nccn12)NN1CCOCC1. The van der Waals surface area contributed by atoms with Gasteiger partial charge in [-0.05, 0) is 17.7 Å². The molecule has 0 unspecified atom stereocenters. The number of hydrogen-bond donors (Lipinski definition) is 3. The number of morpholine rings is 1. The fourth-order valence-corrected chi connectivity index (χ4v) is 3.67. The Balaban J connectivity index is 0.00000192. The quantitative estimate of drug-likeness (QED) is 0.452. The van der Waals surface area contributed by atoms with Crippen LogP contribution in [0.25, 0.3) is 16.9 Å². The molecule has 1 saturated heterocycles. The average molecular weight is 384 g/mol. The number of anilines is 1. The van der Waals surface area contributed by atoms with Crippen LogP contribution in [0.2, 0.25) is 0 Å². The van der Waals surface area contributed by atoms with E-state index in [1.807, 2.05) is 27.6 Å². The van der Waals surface area contributed by atoms with Crippen molar-refractivity contribution in [3.63, 3.8) is 0 Å². The van der Waals surface area contributed by atoms with Crippen LogP contribution in [-0.4, -0.2) is 57.2 Å². The molecule has 0 atom stereocenters. The lowest BCUT2D eigenvalue weighted by Gasteiger charge is -2.26. The highest BCUT2D eigenvalue weighted by atomic mass is 16.5. The lowest BCUT2D eigenvalue weighted by molar-refractivity contribution is 0.0207. The number of nitrogens with zero attached hydrogens (tertiary/aromatic N) is 3. The first-order valence-corrected chi connectivity index (χ1v) is 8.81. The zero-order valence-corrected chi connectivity index (χ0v) is 15.0. The van der Waals surface area contributed by atoms with Crippen molar-refractivity contribution in [2.45, 2.75) is 6.42 Å². The Morgan fingerprint density at radius 3 is 2.89 bits per heavy atom. The summed E-state index contributed by atoms with van der Waals surface area (Å²) in [7, 11) is 0. The lowest BCUT2D eigenvalue weighted by atomic mass is 10.1. The molecule has 3 aromatic rings. The predicted molar refractivity (Wildman–Crippen MR) is 102 cm³/mol. The van der Waals surface area contributed by atoms with Gasteiger partial charge in [0, 0.05) is 43.2 Å². The third-order valence-corrected chi connectivity index (χ3v) is 4.92. The Morgan fingerprint density at radius 2 is 2.07 bits per heavy atom. The van der Waals surface area contributed by atoms with Gasteiger partial charge in [0.15, 0.2) is 0 Å². The molecular formula is C18H20N6O4. The van der Waals surface area contributed by atoms with Crippen molar-refractivity contribution >= 4 is 17.4 Å². The van der Waals surface area contributed by atoms with E-state index >= 15 is 0 Å². The van der Waals surface area contributed by atoms with Crippen molar-refractivity contribution in [3.05, 3.63) is 52.2 Å². The molecule has 2 aromatic heterocycles. The number of carbonyl (C=O) groups excluding carboxylic acids is 1. The number of aromatic nitrogens is 3. The highest BCUT2D eigenvalue weighted by Gasteiger charge is 2.24. The maximum atomic E-state index is 12.2. The molecule has 3 heterocycles. The van der Waals surface area contributed by atoms with Crippen molar-refractivity contribution in [2.75, 3.05) is 31.6 Å². The number of imidazole rings is 1. The molecule has 1 aromatic carbocycles.